The number of rotatable bonds is 5. The monoisotopic (exact) mass is 288 g/mol. The minimum absolute atomic E-state index is 0.102. The summed E-state index contributed by atoms with van der Waals surface area (Å²) in [5.74, 6) is -2.27. The van der Waals surface area contributed by atoms with Gasteiger partial charge in [0.05, 0.1) is 0 Å². The van der Waals surface area contributed by atoms with E-state index >= 15 is 0 Å². The van der Waals surface area contributed by atoms with Gasteiger partial charge in [0.25, 0.3) is 0 Å². The normalized spacial score (nSPS) is 15.7. The molecule has 5 heteroatoms. The molecule has 0 fully saturated rings. The molecule has 0 radical (unpaired) electrons. The topological polar surface area (TPSA) is 77.5 Å². The molecule has 0 unspecified atom stereocenters. The fraction of sp³-hybridized carbons (Fsp3) is 0.375. The van der Waals surface area contributed by atoms with Gasteiger partial charge in [0.1, 0.15) is 12.2 Å². The predicted molar refractivity (Wildman–Crippen MR) is 74.1 cm³/mol. The summed E-state index contributed by atoms with van der Waals surface area (Å²) in [6.07, 6.45) is 0.146. The quantitative estimate of drug-likeness (QED) is 0.612. The van der Waals surface area contributed by atoms with Gasteiger partial charge in [0.15, 0.2) is 0 Å². The number of ether oxygens (including phenoxy) is 1. The first-order valence-electron chi connectivity index (χ1n) is 6.81. The van der Waals surface area contributed by atoms with Gasteiger partial charge in [-0.25, -0.2) is 0 Å². The maximum atomic E-state index is 12.6. The van der Waals surface area contributed by atoms with Crippen LogP contribution in [0.2, 0.25) is 0 Å². The van der Waals surface area contributed by atoms with E-state index in [1.165, 1.54) is 6.92 Å². The molecule has 110 valence electrons. The second-order valence-electron chi connectivity index (χ2n) is 5.17. The third kappa shape index (κ3) is 2.63. The summed E-state index contributed by atoms with van der Waals surface area (Å²) >= 11 is 0. The van der Waals surface area contributed by atoms with Crippen LogP contribution < -0.4 is 0 Å². The third-order valence-electron chi connectivity index (χ3n) is 3.43. The summed E-state index contributed by atoms with van der Waals surface area (Å²) in [5, 5.41) is 0. The molecule has 0 atom stereocenters. The van der Waals surface area contributed by atoms with Crippen molar-refractivity contribution >= 4 is 23.3 Å². The van der Waals surface area contributed by atoms with Gasteiger partial charge in [-0.15, -0.1) is 0 Å². The van der Waals surface area contributed by atoms with Gasteiger partial charge in [-0.2, -0.15) is 0 Å². The van der Waals surface area contributed by atoms with Gasteiger partial charge in [0, 0.05) is 17.5 Å². The lowest BCUT2D eigenvalue weighted by Gasteiger charge is -2.28. The second-order valence-corrected chi connectivity index (χ2v) is 5.17. The van der Waals surface area contributed by atoms with Crippen molar-refractivity contribution in [1.82, 2.24) is 0 Å². The van der Waals surface area contributed by atoms with Gasteiger partial charge in [0.2, 0.25) is 17.2 Å². The molecule has 0 amide bonds. The van der Waals surface area contributed by atoms with Crippen molar-refractivity contribution in [3.8, 4) is 0 Å². The Morgan fingerprint density at radius 2 is 1.52 bits per heavy atom. The standard InChI is InChI=1S/C16H16O5/c1-3-8-16(21-13(18)9-10(2)17)14(19)11-4-5-12(7-6-11)15(16)20/h4-7H,3,8-9H2,1-2H3. The fourth-order valence-electron chi connectivity index (χ4n) is 2.50. The highest BCUT2D eigenvalue weighted by Crippen LogP contribution is 2.32. The zero-order chi connectivity index (χ0) is 15.6. The molecule has 21 heavy (non-hydrogen) atoms. The van der Waals surface area contributed by atoms with E-state index in [1.807, 2.05) is 0 Å². The summed E-state index contributed by atoms with van der Waals surface area (Å²) < 4.78 is 5.24. The van der Waals surface area contributed by atoms with Crippen LogP contribution in [0.5, 0.6) is 0 Å². The van der Waals surface area contributed by atoms with Gasteiger partial charge in [-0.05, 0) is 6.92 Å². The zero-order valence-corrected chi connectivity index (χ0v) is 12.0. The molecule has 0 saturated carbocycles. The number of fused-ring (bicyclic) bond motifs is 4. The largest absolute Gasteiger partial charge is 0.442 e. The predicted octanol–water partition coefficient (Wildman–Crippen LogP) is 2.13. The summed E-state index contributed by atoms with van der Waals surface area (Å²) in [5.41, 5.74) is -1.18. The van der Waals surface area contributed by atoms with Crippen LogP contribution >= 0.6 is 0 Å². The molecular formula is C16H16O5. The fourth-order valence-corrected chi connectivity index (χ4v) is 2.50. The summed E-state index contributed by atoms with van der Waals surface area (Å²) in [7, 11) is 0. The third-order valence-corrected chi connectivity index (χ3v) is 3.43. The van der Waals surface area contributed by atoms with Crippen LogP contribution in [-0.2, 0) is 14.3 Å². The number of carbonyl (C=O) groups is 4. The Morgan fingerprint density at radius 3 is 1.90 bits per heavy atom. The molecular weight excluding hydrogens is 272 g/mol. The Morgan fingerprint density at radius 1 is 1.05 bits per heavy atom. The first kappa shape index (κ1) is 15.1. The van der Waals surface area contributed by atoms with Gasteiger partial charge >= 0.3 is 5.97 Å². The SMILES string of the molecule is CCCC1(OC(=O)CC(C)=O)C(=O)c2ccc(cc2)C1=O. The van der Waals surface area contributed by atoms with Crippen LogP contribution in [0, 0.1) is 0 Å². The van der Waals surface area contributed by atoms with Crippen molar-refractivity contribution in [2.45, 2.75) is 38.7 Å². The van der Waals surface area contributed by atoms with Crippen molar-refractivity contribution < 1.29 is 23.9 Å². The zero-order valence-electron chi connectivity index (χ0n) is 12.0. The van der Waals surface area contributed by atoms with Gasteiger partial charge < -0.3 is 4.74 Å². The molecule has 0 spiro atoms. The van der Waals surface area contributed by atoms with Crippen LogP contribution in [-0.4, -0.2) is 28.9 Å². The Balaban J connectivity index is 2.44. The Bertz CT molecular complexity index is 577. The summed E-state index contributed by atoms with van der Waals surface area (Å²) in [6, 6.07) is 6.19. The molecule has 0 aliphatic heterocycles. The Hall–Kier alpha value is -2.30. The van der Waals surface area contributed by atoms with Crippen molar-refractivity contribution in [2.75, 3.05) is 0 Å². The number of esters is 1. The van der Waals surface area contributed by atoms with Crippen LogP contribution in [0.4, 0.5) is 0 Å². The van der Waals surface area contributed by atoms with E-state index in [2.05, 4.69) is 0 Å². The lowest BCUT2D eigenvalue weighted by atomic mass is 9.85. The lowest BCUT2D eigenvalue weighted by Crippen LogP contribution is -2.49. The van der Waals surface area contributed by atoms with E-state index in [4.69, 9.17) is 4.74 Å². The smallest absolute Gasteiger partial charge is 0.314 e. The van der Waals surface area contributed by atoms with E-state index in [1.54, 1.807) is 31.2 Å². The molecule has 1 aromatic carbocycles. The average Bonchev–Trinajstić information content (AvgIpc) is 2.57. The van der Waals surface area contributed by atoms with E-state index in [0.29, 0.717) is 17.5 Å². The van der Waals surface area contributed by atoms with Crippen molar-refractivity contribution in [3.63, 3.8) is 0 Å². The van der Waals surface area contributed by atoms with Crippen LogP contribution in [0.15, 0.2) is 24.3 Å². The first-order chi connectivity index (χ1) is 9.90. The van der Waals surface area contributed by atoms with Crippen molar-refractivity contribution in [3.05, 3.63) is 35.4 Å². The summed E-state index contributed by atoms with van der Waals surface area (Å²) in [6.45, 7) is 3.05. The minimum Gasteiger partial charge on any atom is -0.442 e. The molecule has 5 nitrogen and oxygen atoms in total. The molecule has 3 rings (SSSR count). The van der Waals surface area contributed by atoms with Crippen molar-refractivity contribution in [1.29, 1.82) is 0 Å². The Kier molecular flexibility index (Phi) is 4.02. The molecule has 2 aliphatic carbocycles. The molecule has 2 bridgehead atoms. The summed E-state index contributed by atoms with van der Waals surface area (Å²) in [4.78, 5) is 48.1. The van der Waals surface area contributed by atoms with E-state index in [-0.39, 0.29) is 12.2 Å². The molecule has 0 heterocycles. The lowest BCUT2D eigenvalue weighted by molar-refractivity contribution is -0.153. The number of Topliss-reactive ketones (excluding diaryl/α,β-unsaturated/α-hetero) is 3. The molecule has 1 aromatic rings. The highest BCUT2D eigenvalue weighted by atomic mass is 16.6. The number of ketones is 3. The molecule has 0 N–H and O–H groups in total. The maximum Gasteiger partial charge on any atom is 0.314 e. The van der Waals surface area contributed by atoms with Gasteiger partial charge in [-0.3, -0.25) is 19.2 Å². The number of hydrogen-bond donors (Lipinski definition) is 0. The highest BCUT2D eigenvalue weighted by molar-refractivity contribution is 6.25. The molecule has 0 saturated heterocycles. The number of benzene rings is 1. The highest BCUT2D eigenvalue weighted by Gasteiger charge is 2.50. The Labute approximate surface area is 122 Å². The average molecular weight is 288 g/mol. The van der Waals surface area contributed by atoms with E-state index in [0.717, 1.165) is 0 Å². The maximum absolute atomic E-state index is 12.6. The van der Waals surface area contributed by atoms with Gasteiger partial charge in [-0.1, -0.05) is 37.6 Å². The van der Waals surface area contributed by atoms with E-state index in [9.17, 15) is 19.2 Å². The number of carbonyl (C=O) groups excluding carboxylic acids is 4. The van der Waals surface area contributed by atoms with Crippen LogP contribution in [0.1, 0.15) is 53.8 Å². The first-order valence-corrected chi connectivity index (χ1v) is 6.81. The van der Waals surface area contributed by atoms with Crippen LogP contribution in [0.25, 0.3) is 0 Å². The molecule has 0 aromatic heterocycles. The molecule has 2 aliphatic rings. The number of hydrogen-bond acceptors (Lipinski definition) is 5. The van der Waals surface area contributed by atoms with Crippen molar-refractivity contribution in [2.24, 2.45) is 0 Å². The van der Waals surface area contributed by atoms with Crippen LogP contribution in [0.3, 0.4) is 0 Å². The second kappa shape index (κ2) is 5.60. The van der Waals surface area contributed by atoms with E-state index < -0.39 is 29.6 Å². The minimum atomic E-state index is -1.83.